The van der Waals surface area contributed by atoms with Crippen molar-refractivity contribution < 1.29 is 27.2 Å². The van der Waals surface area contributed by atoms with Crippen LogP contribution in [0.5, 0.6) is 5.75 Å². The lowest BCUT2D eigenvalue weighted by atomic mass is 9.65. The number of halogens is 4. The van der Waals surface area contributed by atoms with E-state index in [-0.39, 0.29) is 29.8 Å². The monoisotopic (exact) mass is 570 g/mol. The topological polar surface area (TPSA) is 132 Å². The van der Waals surface area contributed by atoms with Gasteiger partial charge in [-0.15, -0.1) is 13.2 Å². The number of ether oxygens (including phenoxy) is 1. The molecule has 1 fully saturated rings. The van der Waals surface area contributed by atoms with E-state index in [4.69, 9.17) is 16.0 Å². The zero-order chi connectivity index (χ0) is 28.7. The third kappa shape index (κ3) is 4.65. The van der Waals surface area contributed by atoms with E-state index in [2.05, 4.69) is 9.72 Å². The summed E-state index contributed by atoms with van der Waals surface area (Å²) in [4.78, 5) is 19.4. The minimum Gasteiger partial charge on any atom is -0.468 e. The first-order chi connectivity index (χ1) is 19.1. The molecular weight excluding hydrogens is 553 g/mol. The highest BCUT2D eigenvalue weighted by atomic mass is 35.5. The first kappa shape index (κ1) is 26.8. The molecule has 40 heavy (non-hydrogen) atoms. The summed E-state index contributed by atoms with van der Waals surface area (Å²) < 4.78 is 47.8. The lowest BCUT2D eigenvalue weighted by molar-refractivity contribution is -0.438. The molecule has 0 spiro atoms. The Morgan fingerprint density at radius 3 is 2.45 bits per heavy atom. The maximum Gasteiger partial charge on any atom is 0.573 e. The second kappa shape index (κ2) is 10.1. The molecule has 0 bridgehead atoms. The summed E-state index contributed by atoms with van der Waals surface area (Å²) >= 11 is 5.90. The van der Waals surface area contributed by atoms with Crippen molar-refractivity contribution in [2.45, 2.75) is 24.9 Å². The fourth-order valence-electron chi connectivity index (χ4n) is 5.38. The van der Waals surface area contributed by atoms with Crippen molar-refractivity contribution in [1.29, 1.82) is 10.5 Å². The normalized spacial score (nSPS) is 20.1. The van der Waals surface area contributed by atoms with E-state index in [0.29, 0.717) is 17.7 Å². The van der Waals surface area contributed by atoms with Gasteiger partial charge in [0.2, 0.25) is 0 Å². The Morgan fingerprint density at radius 2 is 1.90 bits per heavy atom. The third-order valence-electron chi connectivity index (χ3n) is 6.87. The second-order valence-corrected chi connectivity index (χ2v) is 9.52. The second-order valence-electron chi connectivity index (χ2n) is 9.13. The molecule has 2 unspecified atom stereocenters. The summed E-state index contributed by atoms with van der Waals surface area (Å²) in [5.74, 6) is -1.72. The van der Waals surface area contributed by atoms with Gasteiger partial charge in [-0.3, -0.25) is 10.1 Å². The van der Waals surface area contributed by atoms with Crippen molar-refractivity contribution in [2.75, 3.05) is 13.1 Å². The predicted octanol–water partition coefficient (Wildman–Crippen LogP) is 5.36. The van der Waals surface area contributed by atoms with Crippen LogP contribution in [0.4, 0.5) is 13.2 Å². The van der Waals surface area contributed by atoms with Crippen LogP contribution in [0, 0.1) is 38.2 Å². The van der Waals surface area contributed by atoms with E-state index in [1.807, 2.05) is 12.1 Å². The van der Waals surface area contributed by atoms with Crippen molar-refractivity contribution in [3.63, 3.8) is 0 Å². The lowest BCUT2D eigenvalue weighted by Crippen LogP contribution is -2.49. The number of nitrogens with zero attached hydrogens (tertiary/aromatic N) is 6. The average Bonchev–Trinajstić information content (AvgIpc) is 3.58. The number of fused-ring (bicyclic) bond motifs is 1. The number of benzene rings is 1. The van der Waals surface area contributed by atoms with Crippen LogP contribution < -0.4 is 4.74 Å². The van der Waals surface area contributed by atoms with Gasteiger partial charge in [-0.05, 0) is 41.5 Å². The van der Waals surface area contributed by atoms with Gasteiger partial charge in [0.1, 0.15) is 22.6 Å². The van der Waals surface area contributed by atoms with Crippen molar-refractivity contribution in [3.8, 4) is 17.9 Å². The average molecular weight is 571 g/mol. The van der Waals surface area contributed by atoms with Crippen molar-refractivity contribution >= 4 is 11.6 Å². The smallest absolute Gasteiger partial charge is 0.468 e. The maximum absolute atomic E-state index is 12.8. The fraction of sp³-hybridized carbons (Fsp3) is 0.269. The first-order valence-corrected chi connectivity index (χ1v) is 12.2. The number of aromatic nitrogens is 1. The molecule has 204 valence electrons. The molecule has 4 heterocycles. The number of nitriles is 2. The van der Waals surface area contributed by atoms with Crippen LogP contribution >= 0.6 is 11.6 Å². The lowest BCUT2D eigenvalue weighted by Gasteiger charge is -2.45. The highest BCUT2D eigenvalue weighted by molar-refractivity contribution is 6.29. The number of hydrogen-bond donors (Lipinski definition) is 0. The number of alkyl halides is 3. The van der Waals surface area contributed by atoms with Crippen LogP contribution in [-0.2, 0) is 6.54 Å². The van der Waals surface area contributed by atoms with E-state index in [1.165, 1.54) is 36.7 Å². The summed E-state index contributed by atoms with van der Waals surface area (Å²) in [6.07, 6.45) is -2.09. The SMILES string of the molecule is N#CC1(C#N)C(c2ccco2)C([N+](=O)[O-])=C2N(Cc3ccc(Cl)nc3)CCN2C1c1ccc(OC(F)(F)F)cc1. The fourth-order valence-corrected chi connectivity index (χ4v) is 5.49. The summed E-state index contributed by atoms with van der Waals surface area (Å²) in [6, 6.07) is 14.0. The van der Waals surface area contributed by atoms with Crippen LogP contribution in [0.3, 0.4) is 0 Å². The van der Waals surface area contributed by atoms with Gasteiger partial charge in [0.15, 0.2) is 11.2 Å². The highest BCUT2D eigenvalue weighted by Crippen LogP contribution is 2.58. The Balaban J connectivity index is 1.70. The molecule has 0 amide bonds. The summed E-state index contributed by atoms with van der Waals surface area (Å²) in [5.41, 5.74) is -1.48. The molecular formula is C26H18ClF3N6O4. The number of nitro groups is 1. The third-order valence-corrected chi connectivity index (χ3v) is 7.09. The maximum atomic E-state index is 12.8. The molecule has 14 heteroatoms. The van der Waals surface area contributed by atoms with Crippen LogP contribution in [0.25, 0.3) is 0 Å². The van der Waals surface area contributed by atoms with Crippen molar-refractivity contribution in [1.82, 2.24) is 14.8 Å². The summed E-state index contributed by atoms with van der Waals surface area (Å²) in [6.45, 7) is 0.684. The molecule has 2 atom stereocenters. The Labute approximate surface area is 230 Å². The highest BCUT2D eigenvalue weighted by Gasteiger charge is 2.63. The molecule has 10 nitrogen and oxygen atoms in total. The molecule has 0 aliphatic carbocycles. The zero-order valence-corrected chi connectivity index (χ0v) is 21.1. The molecule has 2 aromatic heterocycles. The Morgan fingerprint density at radius 1 is 1.18 bits per heavy atom. The minimum absolute atomic E-state index is 0.0315. The van der Waals surface area contributed by atoms with Gasteiger partial charge in [-0.1, -0.05) is 29.8 Å². The summed E-state index contributed by atoms with van der Waals surface area (Å²) in [7, 11) is 0. The van der Waals surface area contributed by atoms with Crippen LogP contribution in [-0.4, -0.2) is 39.2 Å². The van der Waals surface area contributed by atoms with E-state index >= 15 is 0 Å². The van der Waals surface area contributed by atoms with Gasteiger partial charge >= 0.3 is 6.36 Å². The van der Waals surface area contributed by atoms with E-state index in [1.54, 1.807) is 21.9 Å². The molecule has 0 radical (unpaired) electrons. The van der Waals surface area contributed by atoms with Gasteiger partial charge in [0, 0.05) is 25.8 Å². The van der Waals surface area contributed by atoms with E-state index < -0.39 is 40.1 Å². The number of allylic oxidation sites excluding steroid dienone is 1. The Bertz CT molecular complexity index is 1510. The van der Waals surface area contributed by atoms with Crippen molar-refractivity contribution in [2.24, 2.45) is 5.41 Å². The predicted molar refractivity (Wildman–Crippen MR) is 131 cm³/mol. The first-order valence-electron chi connectivity index (χ1n) is 11.8. The molecule has 1 aromatic carbocycles. The summed E-state index contributed by atoms with van der Waals surface area (Å²) in [5, 5.41) is 33.9. The number of rotatable bonds is 6. The molecule has 2 aliphatic rings. The van der Waals surface area contributed by atoms with Gasteiger partial charge in [0.05, 0.1) is 29.4 Å². The Hall–Kier alpha value is -4.75. The molecule has 2 aliphatic heterocycles. The molecule has 1 saturated heterocycles. The van der Waals surface area contributed by atoms with Gasteiger partial charge in [-0.25, -0.2) is 4.98 Å². The number of furan rings is 1. The Kier molecular flexibility index (Phi) is 6.77. The van der Waals surface area contributed by atoms with Gasteiger partial charge in [-0.2, -0.15) is 10.5 Å². The number of hydrogen-bond acceptors (Lipinski definition) is 9. The quantitative estimate of drug-likeness (QED) is 0.218. The van der Waals surface area contributed by atoms with E-state index in [9.17, 15) is 33.8 Å². The molecule has 0 saturated carbocycles. The largest absolute Gasteiger partial charge is 0.573 e. The number of pyridine rings is 1. The zero-order valence-electron chi connectivity index (χ0n) is 20.4. The van der Waals surface area contributed by atoms with Crippen LogP contribution in [0.1, 0.15) is 28.8 Å². The molecule has 3 aromatic rings. The van der Waals surface area contributed by atoms with Gasteiger partial charge in [0.25, 0.3) is 5.70 Å². The standard InChI is InChI=1S/C26H18ClF3N6O4/c27-20-8-3-16(12-33-20)13-34-9-10-35-23(17-4-6-18(7-5-17)40-26(28,29)30)25(14-31,15-32)21(19-2-1-11-39-19)22(24(34)35)36(37)38/h1-8,11-12,21,23H,9-10,13H2. The molecule has 5 rings (SSSR count). The van der Waals surface area contributed by atoms with Crippen LogP contribution in [0.2, 0.25) is 5.15 Å². The van der Waals surface area contributed by atoms with Crippen molar-refractivity contribution in [3.05, 3.63) is 105 Å². The van der Waals surface area contributed by atoms with E-state index in [0.717, 1.165) is 12.1 Å². The van der Waals surface area contributed by atoms with Gasteiger partial charge < -0.3 is 19.0 Å². The van der Waals surface area contributed by atoms with Crippen LogP contribution in [0.15, 0.2) is 76.9 Å². The molecule has 0 N–H and O–H groups in total. The minimum atomic E-state index is -4.91.